The van der Waals surface area contributed by atoms with Gasteiger partial charge in [0, 0.05) is 27.1 Å². The molecule has 0 bridgehead atoms. The average molecular weight is 522 g/mol. The zero-order chi connectivity index (χ0) is 26.5. The highest BCUT2D eigenvalue weighted by Gasteiger charge is 2.20. The van der Waals surface area contributed by atoms with Crippen LogP contribution in [0.3, 0.4) is 0 Å². The van der Waals surface area contributed by atoms with Crippen LogP contribution in [0.25, 0.3) is 22.0 Å². The van der Waals surface area contributed by atoms with Crippen molar-refractivity contribution in [2.45, 2.75) is 13.3 Å². The van der Waals surface area contributed by atoms with Crippen molar-refractivity contribution in [3.05, 3.63) is 124 Å². The minimum absolute atomic E-state index is 0.314. The van der Waals surface area contributed by atoms with Gasteiger partial charge in [-0.1, -0.05) is 79.2 Å². The summed E-state index contributed by atoms with van der Waals surface area (Å²) in [6.45, 7) is 2.08. The number of halogens is 1. The van der Waals surface area contributed by atoms with E-state index >= 15 is 0 Å². The molecule has 1 aromatic heterocycles. The summed E-state index contributed by atoms with van der Waals surface area (Å²) in [6.07, 6.45) is 2.28. The second-order valence-corrected chi connectivity index (χ2v) is 9.00. The minimum atomic E-state index is -0.524. The van der Waals surface area contributed by atoms with Gasteiger partial charge in [0.15, 0.2) is 0 Å². The fourth-order valence-electron chi connectivity index (χ4n) is 4.29. The molecule has 0 saturated heterocycles. The summed E-state index contributed by atoms with van der Waals surface area (Å²) < 4.78 is 5.56. The number of carbonyl (C=O) groups is 2. The zero-order valence-corrected chi connectivity index (χ0v) is 21.3. The lowest BCUT2D eigenvalue weighted by atomic mass is 10.00. The van der Waals surface area contributed by atoms with E-state index in [1.807, 2.05) is 42.5 Å². The SMILES string of the molecule is CCc1cccc2c(-c3ccccc3)c(C(=O)NN=Cc3ccccc3OC(=O)c3ccc(Cl)cc3)[nH]c12. The van der Waals surface area contributed by atoms with Gasteiger partial charge in [-0.05, 0) is 53.9 Å². The topological polar surface area (TPSA) is 83.5 Å². The largest absolute Gasteiger partial charge is 0.422 e. The maximum atomic E-state index is 13.3. The van der Waals surface area contributed by atoms with Gasteiger partial charge in [-0.2, -0.15) is 5.10 Å². The third kappa shape index (κ3) is 5.21. The average Bonchev–Trinajstić information content (AvgIpc) is 3.35. The molecule has 0 atom stereocenters. The van der Waals surface area contributed by atoms with Crippen molar-refractivity contribution < 1.29 is 14.3 Å². The highest BCUT2D eigenvalue weighted by atomic mass is 35.5. The van der Waals surface area contributed by atoms with Crippen molar-refractivity contribution >= 4 is 40.6 Å². The Morgan fingerprint density at radius 2 is 1.66 bits per heavy atom. The molecule has 0 aliphatic rings. The van der Waals surface area contributed by atoms with Crippen LogP contribution in [-0.2, 0) is 6.42 Å². The van der Waals surface area contributed by atoms with Crippen molar-refractivity contribution in [2.75, 3.05) is 0 Å². The number of aryl methyl sites for hydroxylation is 1. The number of rotatable bonds is 7. The Morgan fingerprint density at radius 3 is 2.42 bits per heavy atom. The number of nitrogens with zero attached hydrogens (tertiary/aromatic N) is 1. The van der Waals surface area contributed by atoms with Crippen molar-refractivity contribution in [3.63, 3.8) is 0 Å². The molecule has 0 saturated carbocycles. The van der Waals surface area contributed by atoms with Crippen molar-refractivity contribution in [1.82, 2.24) is 10.4 Å². The fourth-order valence-corrected chi connectivity index (χ4v) is 4.42. The molecular formula is C31H24ClN3O3. The number of H-pyrrole nitrogens is 1. The predicted octanol–water partition coefficient (Wildman–Crippen LogP) is 7.03. The molecular weight excluding hydrogens is 498 g/mol. The molecule has 1 heterocycles. The van der Waals surface area contributed by atoms with Crippen LogP contribution in [0.1, 0.15) is 38.9 Å². The summed E-state index contributed by atoms with van der Waals surface area (Å²) >= 11 is 5.91. The molecule has 2 N–H and O–H groups in total. The molecule has 0 radical (unpaired) electrons. The number of carbonyl (C=O) groups excluding carboxylic acids is 2. The smallest absolute Gasteiger partial charge is 0.343 e. The number of hydrazone groups is 1. The molecule has 188 valence electrons. The van der Waals surface area contributed by atoms with E-state index in [9.17, 15) is 9.59 Å². The summed E-state index contributed by atoms with van der Waals surface area (Å²) in [5.41, 5.74) is 7.75. The Bertz CT molecular complexity index is 1640. The van der Waals surface area contributed by atoms with Gasteiger partial charge < -0.3 is 9.72 Å². The molecule has 1 amide bonds. The van der Waals surface area contributed by atoms with Gasteiger partial charge in [-0.3, -0.25) is 4.79 Å². The van der Waals surface area contributed by atoms with Crippen molar-refractivity contribution in [1.29, 1.82) is 0 Å². The number of hydrogen-bond donors (Lipinski definition) is 2. The summed E-state index contributed by atoms with van der Waals surface area (Å²) in [4.78, 5) is 29.2. The lowest BCUT2D eigenvalue weighted by molar-refractivity contribution is 0.0734. The van der Waals surface area contributed by atoms with E-state index in [0.29, 0.717) is 27.6 Å². The van der Waals surface area contributed by atoms with Crippen LogP contribution in [0, 0.1) is 0 Å². The summed E-state index contributed by atoms with van der Waals surface area (Å²) in [7, 11) is 0. The third-order valence-corrected chi connectivity index (χ3v) is 6.41. The number of para-hydroxylation sites is 2. The number of ether oxygens (including phenoxy) is 1. The first kappa shape index (κ1) is 25.0. The number of esters is 1. The predicted molar refractivity (Wildman–Crippen MR) is 151 cm³/mol. The van der Waals surface area contributed by atoms with Gasteiger partial charge in [0.2, 0.25) is 0 Å². The van der Waals surface area contributed by atoms with E-state index in [1.54, 1.807) is 48.5 Å². The maximum Gasteiger partial charge on any atom is 0.343 e. The molecule has 7 heteroatoms. The van der Waals surface area contributed by atoms with Crippen LogP contribution < -0.4 is 10.2 Å². The van der Waals surface area contributed by atoms with Gasteiger partial charge in [0.05, 0.1) is 11.8 Å². The standard InChI is InChI=1S/C31H24ClN3O3/c1-2-20-12-8-13-25-27(21-9-4-3-5-10-21)29(34-28(20)25)30(36)35-33-19-23-11-6-7-14-26(23)38-31(37)22-15-17-24(32)18-16-22/h3-19,34H,2H2,1H3,(H,35,36). The highest BCUT2D eigenvalue weighted by molar-refractivity contribution is 6.30. The molecule has 5 rings (SSSR count). The molecule has 0 unspecified atom stereocenters. The van der Waals surface area contributed by atoms with E-state index in [2.05, 4.69) is 28.5 Å². The second kappa shape index (κ2) is 11.2. The van der Waals surface area contributed by atoms with Crippen LogP contribution in [-0.4, -0.2) is 23.1 Å². The van der Waals surface area contributed by atoms with Crippen LogP contribution in [0.15, 0.2) is 102 Å². The quantitative estimate of drug-likeness (QED) is 0.104. The number of nitrogens with one attached hydrogen (secondary N) is 2. The zero-order valence-electron chi connectivity index (χ0n) is 20.6. The normalized spacial score (nSPS) is 11.1. The Hall–Kier alpha value is -4.68. The maximum absolute atomic E-state index is 13.3. The van der Waals surface area contributed by atoms with Crippen LogP contribution in [0.4, 0.5) is 0 Å². The summed E-state index contributed by atoms with van der Waals surface area (Å²) in [6, 6.07) is 29.2. The first-order valence-corrected chi connectivity index (χ1v) is 12.5. The van der Waals surface area contributed by atoms with E-state index in [1.165, 1.54) is 6.21 Å². The van der Waals surface area contributed by atoms with E-state index in [-0.39, 0.29) is 5.91 Å². The van der Waals surface area contributed by atoms with Crippen LogP contribution in [0.5, 0.6) is 5.75 Å². The molecule has 0 aliphatic heterocycles. The molecule has 0 aliphatic carbocycles. The van der Waals surface area contributed by atoms with Gasteiger partial charge in [-0.25, -0.2) is 10.2 Å². The summed E-state index contributed by atoms with van der Waals surface area (Å²) in [5.74, 6) is -0.591. The Kier molecular flexibility index (Phi) is 7.33. The number of aromatic amines is 1. The molecule has 38 heavy (non-hydrogen) atoms. The van der Waals surface area contributed by atoms with E-state index in [0.717, 1.165) is 34.0 Å². The molecule has 0 fully saturated rings. The van der Waals surface area contributed by atoms with Crippen molar-refractivity contribution in [3.8, 4) is 16.9 Å². The number of hydrogen-bond acceptors (Lipinski definition) is 4. The monoisotopic (exact) mass is 521 g/mol. The van der Waals surface area contributed by atoms with E-state index < -0.39 is 5.97 Å². The first-order valence-electron chi connectivity index (χ1n) is 12.1. The van der Waals surface area contributed by atoms with Gasteiger partial charge in [0.25, 0.3) is 5.91 Å². The van der Waals surface area contributed by atoms with Gasteiger partial charge in [-0.15, -0.1) is 0 Å². The Balaban J connectivity index is 1.40. The molecule has 6 nitrogen and oxygen atoms in total. The first-order chi connectivity index (χ1) is 18.5. The Morgan fingerprint density at radius 1 is 0.921 bits per heavy atom. The third-order valence-electron chi connectivity index (χ3n) is 6.16. The van der Waals surface area contributed by atoms with E-state index in [4.69, 9.17) is 16.3 Å². The molecule has 5 aromatic rings. The van der Waals surface area contributed by atoms with Gasteiger partial charge >= 0.3 is 5.97 Å². The fraction of sp³-hybridized carbons (Fsp3) is 0.0645. The summed E-state index contributed by atoms with van der Waals surface area (Å²) in [5, 5.41) is 5.67. The second-order valence-electron chi connectivity index (χ2n) is 8.57. The number of fused-ring (bicyclic) bond motifs is 1. The van der Waals surface area contributed by atoms with Gasteiger partial charge in [0.1, 0.15) is 11.4 Å². The van der Waals surface area contributed by atoms with Crippen molar-refractivity contribution in [2.24, 2.45) is 5.10 Å². The lowest BCUT2D eigenvalue weighted by Gasteiger charge is -2.07. The molecule has 0 spiro atoms. The minimum Gasteiger partial charge on any atom is -0.422 e. The number of aromatic nitrogens is 1. The highest BCUT2D eigenvalue weighted by Crippen LogP contribution is 2.34. The molecule has 4 aromatic carbocycles. The number of amides is 1. The number of benzene rings is 4. The van der Waals surface area contributed by atoms with Crippen LogP contribution >= 0.6 is 11.6 Å². The van der Waals surface area contributed by atoms with Crippen LogP contribution in [0.2, 0.25) is 5.02 Å². The lowest BCUT2D eigenvalue weighted by Crippen LogP contribution is -2.19. The Labute approximate surface area is 224 Å².